The standard InChI is InChI=1S/C7H11F3O4P/c1-3-4-13-15(12)6(7(8,9)10)14-5(2)11/h6H,3-4H2,1-2H3/q+1. The van der Waals surface area contributed by atoms with Gasteiger partial charge in [-0.15, -0.1) is 4.52 Å². The Balaban J connectivity index is 4.49. The van der Waals surface area contributed by atoms with Crippen LogP contribution in [0.25, 0.3) is 0 Å². The minimum Gasteiger partial charge on any atom is -0.407 e. The number of halogens is 3. The van der Waals surface area contributed by atoms with Gasteiger partial charge in [-0.05, 0) is 11.0 Å². The topological polar surface area (TPSA) is 52.6 Å². The Hall–Kier alpha value is -0.680. The van der Waals surface area contributed by atoms with Crippen LogP contribution >= 0.6 is 8.03 Å². The van der Waals surface area contributed by atoms with Crippen LogP contribution in [0.4, 0.5) is 13.2 Å². The van der Waals surface area contributed by atoms with Crippen molar-refractivity contribution in [1.82, 2.24) is 0 Å². The highest BCUT2D eigenvalue weighted by atomic mass is 31.1. The molecule has 0 aliphatic rings. The molecule has 88 valence electrons. The van der Waals surface area contributed by atoms with Gasteiger partial charge < -0.3 is 4.74 Å². The second-order valence-corrected chi connectivity index (χ2v) is 3.92. The Morgan fingerprint density at radius 2 is 2.00 bits per heavy atom. The Kier molecular flexibility index (Phi) is 5.75. The molecule has 0 saturated carbocycles. The second-order valence-electron chi connectivity index (χ2n) is 2.62. The number of alkyl halides is 3. The monoisotopic (exact) mass is 247 g/mol. The van der Waals surface area contributed by atoms with E-state index in [1.807, 2.05) is 0 Å². The van der Waals surface area contributed by atoms with Crippen LogP contribution in [0, 0.1) is 0 Å². The molecule has 0 aromatic rings. The fourth-order valence-corrected chi connectivity index (χ4v) is 1.61. The third-order valence-electron chi connectivity index (χ3n) is 1.17. The van der Waals surface area contributed by atoms with Crippen LogP contribution < -0.4 is 0 Å². The van der Waals surface area contributed by atoms with Gasteiger partial charge in [0.05, 0.1) is 0 Å². The minimum absolute atomic E-state index is 0.0803. The van der Waals surface area contributed by atoms with Crippen molar-refractivity contribution >= 4 is 14.0 Å². The first-order valence-electron chi connectivity index (χ1n) is 4.12. The lowest BCUT2D eigenvalue weighted by molar-refractivity contribution is -0.198. The third kappa shape index (κ3) is 5.69. The van der Waals surface area contributed by atoms with Gasteiger partial charge in [0.1, 0.15) is 6.61 Å². The van der Waals surface area contributed by atoms with Crippen LogP contribution in [0.15, 0.2) is 0 Å². The molecule has 15 heavy (non-hydrogen) atoms. The minimum atomic E-state index is -4.88. The van der Waals surface area contributed by atoms with E-state index < -0.39 is 26.0 Å². The van der Waals surface area contributed by atoms with E-state index in [2.05, 4.69) is 9.26 Å². The van der Waals surface area contributed by atoms with Gasteiger partial charge in [-0.1, -0.05) is 6.92 Å². The van der Waals surface area contributed by atoms with E-state index in [1.165, 1.54) is 0 Å². The van der Waals surface area contributed by atoms with Crippen molar-refractivity contribution in [3.05, 3.63) is 0 Å². The average molecular weight is 247 g/mol. The molecule has 2 unspecified atom stereocenters. The summed E-state index contributed by atoms with van der Waals surface area (Å²) in [7, 11) is -3.09. The van der Waals surface area contributed by atoms with Gasteiger partial charge in [0, 0.05) is 6.92 Å². The van der Waals surface area contributed by atoms with Gasteiger partial charge in [0.15, 0.2) is 0 Å². The lowest BCUT2D eigenvalue weighted by atomic mass is 10.5. The van der Waals surface area contributed by atoms with E-state index >= 15 is 0 Å². The van der Waals surface area contributed by atoms with E-state index in [0.29, 0.717) is 6.42 Å². The van der Waals surface area contributed by atoms with Crippen LogP contribution in [0.2, 0.25) is 0 Å². The first kappa shape index (κ1) is 14.3. The molecule has 0 aromatic heterocycles. The molecule has 0 bridgehead atoms. The summed E-state index contributed by atoms with van der Waals surface area (Å²) in [4.78, 5) is 10.4. The van der Waals surface area contributed by atoms with Gasteiger partial charge >= 0.3 is 26.0 Å². The molecule has 0 fully saturated rings. The Morgan fingerprint density at radius 3 is 2.33 bits per heavy atom. The number of ether oxygens (including phenoxy) is 1. The number of esters is 1. The van der Waals surface area contributed by atoms with Crippen LogP contribution in [0.5, 0.6) is 0 Å². The molecule has 0 amide bonds. The number of hydrogen-bond acceptors (Lipinski definition) is 4. The molecule has 0 rings (SSSR count). The maximum absolute atomic E-state index is 12.2. The maximum atomic E-state index is 12.2. The molecular formula is C7H11F3O4P+. The lowest BCUT2D eigenvalue weighted by Gasteiger charge is -2.09. The highest BCUT2D eigenvalue weighted by molar-refractivity contribution is 7.39. The Morgan fingerprint density at radius 1 is 1.47 bits per heavy atom. The number of hydrogen-bond donors (Lipinski definition) is 0. The molecule has 0 saturated heterocycles. The predicted molar refractivity (Wildman–Crippen MR) is 45.5 cm³/mol. The summed E-state index contributed by atoms with van der Waals surface area (Å²) in [6, 6.07) is 0. The first-order valence-corrected chi connectivity index (χ1v) is 5.37. The first-order chi connectivity index (χ1) is 6.79. The van der Waals surface area contributed by atoms with E-state index in [1.54, 1.807) is 6.92 Å². The SMILES string of the molecule is CCCO[P+](=O)C(OC(C)=O)C(F)(F)F. The Bertz CT molecular complexity index is 241. The second kappa shape index (κ2) is 6.02. The zero-order valence-electron chi connectivity index (χ0n) is 8.21. The zero-order chi connectivity index (χ0) is 12.1. The van der Waals surface area contributed by atoms with Crippen molar-refractivity contribution in [1.29, 1.82) is 0 Å². The third-order valence-corrected chi connectivity index (χ3v) is 2.39. The summed E-state index contributed by atoms with van der Waals surface area (Å²) in [6.07, 6.45) is -4.46. The normalized spacial score (nSPS) is 14.6. The summed E-state index contributed by atoms with van der Waals surface area (Å²) in [5.41, 5.74) is 0. The highest BCUT2D eigenvalue weighted by Gasteiger charge is 2.58. The molecule has 0 aliphatic heterocycles. The van der Waals surface area contributed by atoms with Crippen LogP contribution in [0.3, 0.4) is 0 Å². The van der Waals surface area contributed by atoms with Crippen molar-refractivity contribution in [2.24, 2.45) is 0 Å². The molecule has 2 atom stereocenters. The molecule has 8 heteroatoms. The molecule has 0 N–H and O–H groups in total. The summed E-state index contributed by atoms with van der Waals surface area (Å²) in [5.74, 6) is -3.84. The molecule has 0 spiro atoms. The molecule has 0 radical (unpaired) electrons. The molecular weight excluding hydrogens is 236 g/mol. The van der Waals surface area contributed by atoms with Crippen molar-refractivity contribution in [2.75, 3.05) is 6.61 Å². The maximum Gasteiger partial charge on any atom is 0.563 e. The van der Waals surface area contributed by atoms with Crippen molar-refractivity contribution in [2.45, 2.75) is 32.3 Å². The Labute approximate surface area is 85.6 Å². The molecule has 4 nitrogen and oxygen atoms in total. The molecule has 0 aromatic carbocycles. The van der Waals surface area contributed by atoms with Gasteiger partial charge in [0.25, 0.3) is 0 Å². The zero-order valence-corrected chi connectivity index (χ0v) is 9.10. The van der Waals surface area contributed by atoms with E-state index in [4.69, 9.17) is 0 Å². The number of rotatable bonds is 5. The predicted octanol–water partition coefficient (Wildman–Crippen LogP) is 2.61. The molecule has 0 heterocycles. The lowest BCUT2D eigenvalue weighted by Crippen LogP contribution is -2.30. The van der Waals surface area contributed by atoms with Gasteiger partial charge in [-0.2, -0.15) is 13.2 Å². The van der Waals surface area contributed by atoms with Crippen molar-refractivity contribution < 1.29 is 31.8 Å². The highest BCUT2D eigenvalue weighted by Crippen LogP contribution is 2.41. The summed E-state index contributed by atoms with van der Waals surface area (Å²) in [6.45, 7) is 2.38. The fourth-order valence-electron chi connectivity index (χ4n) is 0.636. The smallest absolute Gasteiger partial charge is 0.407 e. The quantitative estimate of drug-likeness (QED) is 0.553. The van der Waals surface area contributed by atoms with Crippen LogP contribution in [-0.2, 0) is 18.6 Å². The summed E-state index contributed by atoms with van der Waals surface area (Å²) < 4.78 is 56.0. The summed E-state index contributed by atoms with van der Waals surface area (Å²) >= 11 is 0. The summed E-state index contributed by atoms with van der Waals surface area (Å²) in [5, 5.41) is 0. The van der Waals surface area contributed by atoms with Crippen LogP contribution in [-0.4, -0.2) is 24.6 Å². The van der Waals surface area contributed by atoms with Gasteiger partial charge in [0.2, 0.25) is 0 Å². The van der Waals surface area contributed by atoms with E-state index in [-0.39, 0.29) is 6.61 Å². The number of carbonyl (C=O) groups excluding carboxylic acids is 1. The number of carbonyl (C=O) groups is 1. The van der Waals surface area contributed by atoms with Crippen molar-refractivity contribution in [3.8, 4) is 0 Å². The van der Waals surface area contributed by atoms with Crippen LogP contribution in [0.1, 0.15) is 20.3 Å². The van der Waals surface area contributed by atoms with E-state index in [0.717, 1.165) is 6.92 Å². The largest absolute Gasteiger partial charge is 0.563 e. The van der Waals surface area contributed by atoms with Gasteiger partial charge in [-0.25, -0.2) is 0 Å². The van der Waals surface area contributed by atoms with Crippen molar-refractivity contribution in [3.63, 3.8) is 0 Å². The fraction of sp³-hybridized carbons (Fsp3) is 0.857. The molecule has 0 aliphatic carbocycles. The van der Waals surface area contributed by atoms with Gasteiger partial charge in [-0.3, -0.25) is 4.79 Å². The average Bonchev–Trinajstić information content (AvgIpc) is 2.08. The van der Waals surface area contributed by atoms with E-state index in [9.17, 15) is 22.5 Å².